The van der Waals surface area contributed by atoms with Crippen LogP contribution in [0.2, 0.25) is 0 Å². The van der Waals surface area contributed by atoms with E-state index in [1.165, 1.54) is 43.1 Å². The third-order valence-electron chi connectivity index (χ3n) is 3.74. The summed E-state index contributed by atoms with van der Waals surface area (Å²) in [4.78, 5) is 4.50. The maximum Gasteiger partial charge on any atom is 0.0734 e. The van der Waals surface area contributed by atoms with Crippen LogP contribution in [-0.4, -0.2) is 18.1 Å². The van der Waals surface area contributed by atoms with Crippen LogP contribution in [0.4, 0.5) is 0 Å². The van der Waals surface area contributed by atoms with Crippen LogP contribution >= 0.6 is 0 Å². The fraction of sp³-hybridized carbons (Fsp3) is 0.500. The van der Waals surface area contributed by atoms with E-state index in [9.17, 15) is 0 Å². The zero-order chi connectivity index (χ0) is 14.0. The Morgan fingerprint density at radius 3 is 2.70 bits per heavy atom. The van der Waals surface area contributed by atoms with Crippen LogP contribution in [-0.2, 0) is 6.42 Å². The molecule has 0 aliphatic carbocycles. The molecule has 2 nitrogen and oxygen atoms in total. The lowest BCUT2D eigenvalue weighted by atomic mass is 10.1. The van der Waals surface area contributed by atoms with Crippen LogP contribution in [0.3, 0.4) is 0 Å². The number of nitrogens with one attached hydrogen (secondary N) is 1. The van der Waals surface area contributed by atoms with Gasteiger partial charge in [-0.3, -0.25) is 4.98 Å². The topological polar surface area (TPSA) is 24.9 Å². The minimum absolute atomic E-state index is 1.05. The van der Waals surface area contributed by atoms with Crippen molar-refractivity contribution in [3.63, 3.8) is 0 Å². The van der Waals surface area contributed by atoms with Gasteiger partial charge in [0.25, 0.3) is 0 Å². The summed E-state index contributed by atoms with van der Waals surface area (Å²) in [7, 11) is 0. The van der Waals surface area contributed by atoms with Gasteiger partial charge in [0, 0.05) is 11.6 Å². The zero-order valence-corrected chi connectivity index (χ0v) is 12.6. The zero-order valence-electron chi connectivity index (χ0n) is 12.6. The molecule has 0 aliphatic rings. The van der Waals surface area contributed by atoms with Crippen LogP contribution in [0.1, 0.15) is 44.6 Å². The highest BCUT2D eigenvalue weighted by Gasteiger charge is 2.00. The molecule has 0 bridgehead atoms. The van der Waals surface area contributed by atoms with E-state index in [1.807, 2.05) is 12.3 Å². The van der Waals surface area contributed by atoms with E-state index in [1.54, 1.807) is 0 Å². The molecule has 0 saturated heterocycles. The summed E-state index contributed by atoms with van der Waals surface area (Å²) in [6, 6.07) is 10.6. The summed E-state index contributed by atoms with van der Waals surface area (Å²) in [5, 5.41) is 4.79. The number of nitrogens with zero attached hydrogens (tertiary/aromatic N) is 1. The Kier molecular flexibility index (Phi) is 6.52. The van der Waals surface area contributed by atoms with Gasteiger partial charge in [0.15, 0.2) is 0 Å². The first-order valence-electron chi connectivity index (χ1n) is 7.95. The molecule has 0 amide bonds. The second kappa shape index (κ2) is 8.70. The van der Waals surface area contributed by atoms with Crippen LogP contribution < -0.4 is 5.32 Å². The van der Waals surface area contributed by atoms with Gasteiger partial charge in [-0.15, -0.1) is 0 Å². The largest absolute Gasteiger partial charge is 0.316 e. The van der Waals surface area contributed by atoms with Crippen molar-refractivity contribution < 1.29 is 0 Å². The molecular formula is C18H26N2. The lowest BCUT2D eigenvalue weighted by molar-refractivity contribution is 0.584. The predicted octanol–water partition coefficient (Wildman–Crippen LogP) is 4.34. The van der Waals surface area contributed by atoms with Crippen molar-refractivity contribution in [2.75, 3.05) is 13.1 Å². The maximum absolute atomic E-state index is 4.50. The van der Waals surface area contributed by atoms with Gasteiger partial charge in [-0.2, -0.15) is 0 Å². The van der Waals surface area contributed by atoms with Gasteiger partial charge in [0.1, 0.15) is 0 Å². The second-order valence-corrected chi connectivity index (χ2v) is 5.41. The molecule has 2 rings (SSSR count). The van der Waals surface area contributed by atoms with Crippen molar-refractivity contribution in [3.05, 3.63) is 42.1 Å². The van der Waals surface area contributed by atoms with Gasteiger partial charge < -0.3 is 5.32 Å². The second-order valence-electron chi connectivity index (χ2n) is 5.41. The standard InChI is InChI=1S/C18H26N2/c1-2-3-4-5-6-13-19-15-12-17-10-7-9-16-11-8-14-20-18(16)17/h7-11,14,19H,2-6,12-13,15H2,1H3. The molecule has 0 unspecified atom stereocenters. The summed E-state index contributed by atoms with van der Waals surface area (Å²) in [6.07, 6.45) is 9.68. The van der Waals surface area contributed by atoms with Crippen molar-refractivity contribution in [2.45, 2.75) is 45.4 Å². The van der Waals surface area contributed by atoms with Crippen LogP contribution in [0.25, 0.3) is 10.9 Å². The summed E-state index contributed by atoms with van der Waals surface area (Å²) in [6.45, 7) is 4.45. The molecule has 1 N–H and O–H groups in total. The monoisotopic (exact) mass is 270 g/mol. The first-order valence-corrected chi connectivity index (χ1v) is 7.95. The van der Waals surface area contributed by atoms with Crippen molar-refractivity contribution in [1.82, 2.24) is 10.3 Å². The Hall–Kier alpha value is -1.41. The van der Waals surface area contributed by atoms with Gasteiger partial charge in [-0.1, -0.05) is 56.9 Å². The van der Waals surface area contributed by atoms with E-state index in [2.05, 4.69) is 41.5 Å². The Morgan fingerprint density at radius 1 is 0.950 bits per heavy atom. The Labute approximate surface area is 122 Å². The molecule has 2 aromatic rings. The number of pyridine rings is 1. The molecule has 0 spiro atoms. The number of unbranched alkanes of at least 4 members (excludes halogenated alkanes) is 4. The molecule has 1 aromatic heterocycles. The molecule has 1 aromatic carbocycles. The third-order valence-corrected chi connectivity index (χ3v) is 3.74. The molecule has 0 aliphatic heterocycles. The van der Waals surface area contributed by atoms with E-state index in [4.69, 9.17) is 0 Å². The highest BCUT2D eigenvalue weighted by atomic mass is 14.8. The van der Waals surface area contributed by atoms with Crippen LogP contribution in [0.15, 0.2) is 36.5 Å². The highest BCUT2D eigenvalue weighted by Crippen LogP contribution is 2.15. The van der Waals surface area contributed by atoms with Crippen molar-refractivity contribution >= 4 is 10.9 Å². The smallest absolute Gasteiger partial charge is 0.0734 e. The number of benzene rings is 1. The lowest BCUT2D eigenvalue weighted by Crippen LogP contribution is -2.18. The Bertz CT molecular complexity index is 502. The molecule has 2 heteroatoms. The number of hydrogen-bond donors (Lipinski definition) is 1. The van der Waals surface area contributed by atoms with Gasteiger partial charge in [0.05, 0.1) is 5.52 Å². The fourth-order valence-electron chi connectivity index (χ4n) is 2.57. The molecule has 0 atom stereocenters. The van der Waals surface area contributed by atoms with E-state index in [0.29, 0.717) is 0 Å². The van der Waals surface area contributed by atoms with Crippen molar-refractivity contribution in [3.8, 4) is 0 Å². The highest BCUT2D eigenvalue weighted by molar-refractivity contribution is 5.81. The molecule has 20 heavy (non-hydrogen) atoms. The third kappa shape index (κ3) is 4.61. The van der Waals surface area contributed by atoms with Crippen molar-refractivity contribution in [1.29, 1.82) is 0 Å². The minimum Gasteiger partial charge on any atom is -0.316 e. The lowest BCUT2D eigenvalue weighted by Gasteiger charge is -2.07. The Morgan fingerprint density at radius 2 is 1.80 bits per heavy atom. The van der Waals surface area contributed by atoms with Gasteiger partial charge in [0.2, 0.25) is 0 Å². The van der Waals surface area contributed by atoms with E-state index >= 15 is 0 Å². The average Bonchev–Trinajstić information content (AvgIpc) is 2.50. The van der Waals surface area contributed by atoms with Gasteiger partial charge in [-0.05, 0) is 37.6 Å². The summed E-state index contributed by atoms with van der Waals surface area (Å²) < 4.78 is 0. The molecule has 0 radical (unpaired) electrons. The molecule has 0 fully saturated rings. The summed E-state index contributed by atoms with van der Waals surface area (Å²) in [5.41, 5.74) is 2.50. The van der Waals surface area contributed by atoms with Crippen molar-refractivity contribution in [2.24, 2.45) is 0 Å². The first kappa shape index (κ1) is 15.0. The number of para-hydroxylation sites is 1. The van der Waals surface area contributed by atoms with Crippen LogP contribution in [0.5, 0.6) is 0 Å². The Balaban J connectivity index is 1.71. The normalized spacial score (nSPS) is 11.1. The van der Waals surface area contributed by atoms with Gasteiger partial charge in [-0.25, -0.2) is 0 Å². The van der Waals surface area contributed by atoms with E-state index in [0.717, 1.165) is 25.0 Å². The van der Waals surface area contributed by atoms with Gasteiger partial charge >= 0.3 is 0 Å². The molecule has 1 heterocycles. The minimum atomic E-state index is 1.05. The number of fused-ring (bicyclic) bond motifs is 1. The molecule has 0 saturated carbocycles. The predicted molar refractivity (Wildman–Crippen MR) is 87.1 cm³/mol. The van der Waals surface area contributed by atoms with E-state index < -0.39 is 0 Å². The number of aromatic nitrogens is 1. The number of rotatable bonds is 9. The SMILES string of the molecule is CCCCCCCNCCc1cccc2cccnc12. The molecular weight excluding hydrogens is 244 g/mol. The summed E-state index contributed by atoms with van der Waals surface area (Å²) >= 11 is 0. The first-order chi connectivity index (χ1) is 9.92. The molecule has 108 valence electrons. The quantitative estimate of drug-likeness (QED) is 0.686. The number of hydrogen-bond acceptors (Lipinski definition) is 2. The van der Waals surface area contributed by atoms with E-state index in [-0.39, 0.29) is 0 Å². The van der Waals surface area contributed by atoms with Crippen LogP contribution in [0, 0.1) is 0 Å². The maximum atomic E-state index is 4.50. The average molecular weight is 270 g/mol. The summed E-state index contributed by atoms with van der Waals surface area (Å²) in [5.74, 6) is 0. The fourth-order valence-corrected chi connectivity index (χ4v) is 2.57.